The van der Waals surface area contributed by atoms with Crippen molar-refractivity contribution >= 4 is 11.4 Å². The van der Waals surface area contributed by atoms with Gasteiger partial charge in [0.25, 0.3) is 0 Å². The lowest BCUT2D eigenvalue weighted by Gasteiger charge is -2.08. The molecule has 0 saturated heterocycles. The number of benzene rings is 1. The van der Waals surface area contributed by atoms with Crippen LogP contribution in [0.25, 0.3) is 0 Å². The van der Waals surface area contributed by atoms with E-state index in [1.165, 1.54) is 31.4 Å². The molecular formula is C13H22N2. The first-order valence-corrected chi connectivity index (χ1v) is 5.84. The molecule has 0 bridgehead atoms. The predicted octanol–water partition coefficient (Wildman–Crippen LogP) is 3.57. The third-order valence-electron chi connectivity index (χ3n) is 2.63. The Morgan fingerprint density at radius 1 is 1.20 bits per heavy atom. The van der Waals surface area contributed by atoms with Crippen molar-refractivity contribution in [2.45, 2.75) is 39.5 Å². The van der Waals surface area contributed by atoms with Crippen LogP contribution in [0.2, 0.25) is 0 Å². The summed E-state index contributed by atoms with van der Waals surface area (Å²) in [6.45, 7) is 5.33. The normalized spacial score (nSPS) is 10.3. The predicted molar refractivity (Wildman–Crippen MR) is 68.2 cm³/mol. The topological polar surface area (TPSA) is 38.0 Å². The van der Waals surface area contributed by atoms with E-state index >= 15 is 0 Å². The number of aryl methyl sites for hydroxylation is 1. The third-order valence-corrected chi connectivity index (χ3v) is 2.63. The lowest BCUT2D eigenvalue weighted by Crippen LogP contribution is -2.02. The summed E-state index contributed by atoms with van der Waals surface area (Å²) in [5, 5.41) is 3.42. The van der Waals surface area contributed by atoms with Crippen molar-refractivity contribution in [1.29, 1.82) is 0 Å². The van der Waals surface area contributed by atoms with Gasteiger partial charge in [0.15, 0.2) is 0 Å². The Labute approximate surface area is 92.9 Å². The largest absolute Gasteiger partial charge is 0.399 e. The summed E-state index contributed by atoms with van der Waals surface area (Å²) in [5.74, 6) is 0. The van der Waals surface area contributed by atoms with Crippen molar-refractivity contribution in [3.8, 4) is 0 Å². The smallest absolute Gasteiger partial charge is 0.0345 e. The second-order valence-electron chi connectivity index (χ2n) is 4.06. The Morgan fingerprint density at radius 3 is 2.67 bits per heavy atom. The molecule has 0 aliphatic rings. The molecule has 0 radical (unpaired) electrons. The van der Waals surface area contributed by atoms with Gasteiger partial charge in [0.05, 0.1) is 0 Å². The average Bonchev–Trinajstić information content (AvgIpc) is 2.23. The van der Waals surface area contributed by atoms with Gasteiger partial charge in [-0.3, -0.25) is 0 Å². The van der Waals surface area contributed by atoms with Crippen molar-refractivity contribution in [3.63, 3.8) is 0 Å². The Morgan fingerprint density at radius 2 is 2.00 bits per heavy atom. The van der Waals surface area contributed by atoms with Gasteiger partial charge in [0, 0.05) is 17.9 Å². The Bertz CT molecular complexity index is 295. The van der Waals surface area contributed by atoms with Gasteiger partial charge in [-0.25, -0.2) is 0 Å². The maximum Gasteiger partial charge on any atom is 0.0345 e. The molecule has 3 N–H and O–H groups in total. The van der Waals surface area contributed by atoms with Gasteiger partial charge >= 0.3 is 0 Å². The van der Waals surface area contributed by atoms with Gasteiger partial charge in [-0.05, 0) is 37.1 Å². The number of rotatable bonds is 6. The van der Waals surface area contributed by atoms with Crippen LogP contribution in [0.3, 0.4) is 0 Å². The van der Waals surface area contributed by atoms with Crippen LogP contribution in [0.15, 0.2) is 18.2 Å². The first-order valence-electron chi connectivity index (χ1n) is 5.84. The fourth-order valence-electron chi connectivity index (χ4n) is 1.57. The second kappa shape index (κ2) is 6.33. The SMILES string of the molecule is CCCCCCNc1ccc(N)c(C)c1. The van der Waals surface area contributed by atoms with Gasteiger partial charge < -0.3 is 11.1 Å². The molecule has 0 aliphatic heterocycles. The molecule has 0 fully saturated rings. The van der Waals surface area contributed by atoms with Crippen LogP contribution in [0, 0.1) is 6.92 Å². The van der Waals surface area contributed by atoms with Crippen LogP contribution >= 0.6 is 0 Å². The van der Waals surface area contributed by atoms with E-state index < -0.39 is 0 Å². The quantitative estimate of drug-likeness (QED) is 0.551. The Kier molecular flexibility index (Phi) is 5.02. The number of nitrogens with one attached hydrogen (secondary N) is 1. The lowest BCUT2D eigenvalue weighted by atomic mass is 10.1. The minimum atomic E-state index is 0.867. The van der Waals surface area contributed by atoms with E-state index in [1.807, 2.05) is 19.1 Å². The summed E-state index contributed by atoms with van der Waals surface area (Å²) in [7, 11) is 0. The molecular weight excluding hydrogens is 184 g/mol. The number of unbranched alkanes of at least 4 members (excludes halogenated alkanes) is 3. The molecule has 0 spiro atoms. The summed E-state index contributed by atoms with van der Waals surface area (Å²) in [5.41, 5.74) is 8.95. The highest BCUT2D eigenvalue weighted by Gasteiger charge is 1.95. The molecule has 0 saturated carbocycles. The van der Waals surface area contributed by atoms with Crippen molar-refractivity contribution in [2.75, 3.05) is 17.6 Å². The van der Waals surface area contributed by atoms with E-state index in [0.29, 0.717) is 0 Å². The highest BCUT2D eigenvalue weighted by molar-refractivity contribution is 5.56. The van der Waals surface area contributed by atoms with Crippen molar-refractivity contribution in [2.24, 2.45) is 0 Å². The Hall–Kier alpha value is -1.18. The molecule has 0 aromatic heterocycles. The number of nitrogen functional groups attached to an aromatic ring is 1. The van der Waals surface area contributed by atoms with Crippen LogP contribution in [-0.2, 0) is 0 Å². The minimum absolute atomic E-state index is 0.867. The van der Waals surface area contributed by atoms with Crippen molar-refractivity contribution < 1.29 is 0 Å². The molecule has 0 atom stereocenters. The lowest BCUT2D eigenvalue weighted by molar-refractivity contribution is 0.685. The minimum Gasteiger partial charge on any atom is -0.399 e. The molecule has 2 heteroatoms. The number of nitrogens with two attached hydrogens (primary N) is 1. The van der Waals surface area contributed by atoms with Gasteiger partial charge in [0.1, 0.15) is 0 Å². The first kappa shape index (κ1) is 11.9. The summed E-state index contributed by atoms with van der Waals surface area (Å²) in [6, 6.07) is 6.11. The van der Waals surface area contributed by atoms with Gasteiger partial charge in [-0.1, -0.05) is 26.2 Å². The number of hydrogen-bond acceptors (Lipinski definition) is 2. The molecule has 1 rings (SSSR count). The maximum absolute atomic E-state index is 5.76. The molecule has 2 nitrogen and oxygen atoms in total. The maximum atomic E-state index is 5.76. The molecule has 1 aromatic carbocycles. The highest BCUT2D eigenvalue weighted by Crippen LogP contribution is 2.16. The van der Waals surface area contributed by atoms with Gasteiger partial charge in [-0.15, -0.1) is 0 Å². The Balaban J connectivity index is 2.28. The molecule has 0 unspecified atom stereocenters. The summed E-state index contributed by atoms with van der Waals surface area (Å²) in [4.78, 5) is 0. The van der Waals surface area contributed by atoms with Crippen LogP contribution in [0.4, 0.5) is 11.4 Å². The highest BCUT2D eigenvalue weighted by atomic mass is 14.9. The fraction of sp³-hybridized carbons (Fsp3) is 0.538. The van der Waals surface area contributed by atoms with Crippen LogP contribution in [0.1, 0.15) is 38.2 Å². The molecule has 0 amide bonds. The first-order chi connectivity index (χ1) is 7.24. The standard InChI is InChI=1S/C13H22N2/c1-3-4-5-6-9-15-12-7-8-13(14)11(2)10-12/h7-8,10,15H,3-6,9,14H2,1-2H3. The zero-order valence-electron chi connectivity index (χ0n) is 9.84. The second-order valence-corrected chi connectivity index (χ2v) is 4.06. The van der Waals surface area contributed by atoms with E-state index in [2.05, 4.69) is 18.3 Å². The molecule has 15 heavy (non-hydrogen) atoms. The zero-order valence-corrected chi connectivity index (χ0v) is 9.84. The monoisotopic (exact) mass is 206 g/mol. The van der Waals surface area contributed by atoms with E-state index in [9.17, 15) is 0 Å². The van der Waals surface area contributed by atoms with Gasteiger partial charge in [0.2, 0.25) is 0 Å². The van der Waals surface area contributed by atoms with E-state index in [1.54, 1.807) is 0 Å². The van der Waals surface area contributed by atoms with E-state index in [0.717, 1.165) is 17.8 Å². The van der Waals surface area contributed by atoms with Crippen molar-refractivity contribution in [1.82, 2.24) is 0 Å². The zero-order chi connectivity index (χ0) is 11.1. The van der Waals surface area contributed by atoms with Crippen LogP contribution in [0.5, 0.6) is 0 Å². The molecule has 0 aliphatic carbocycles. The summed E-state index contributed by atoms with van der Waals surface area (Å²) in [6.07, 6.45) is 5.19. The van der Waals surface area contributed by atoms with Crippen LogP contribution < -0.4 is 11.1 Å². The fourth-order valence-corrected chi connectivity index (χ4v) is 1.57. The molecule has 0 heterocycles. The number of hydrogen-bond donors (Lipinski definition) is 2. The number of anilines is 2. The summed E-state index contributed by atoms with van der Waals surface area (Å²) >= 11 is 0. The molecule has 84 valence electrons. The van der Waals surface area contributed by atoms with Gasteiger partial charge in [-0.2, -0.15) is 0 Å². The third kappa shape index (κ3) is 4.24. The van der Waals surface area contributed by atoms with Crippen LogP contribution in [-0.4, -0.2) is 6.54 Å². The van der Waals surface area contributed by atoms with Crippen molar-refractivity contribution in [3.05, 3.63) is 23.8 Å². The summed E-state index contributed by atoms with van der Waals surface area (Å²) < 4.78 is 0. The van der Waals surface area contributed by atoms with E-state index in [-0.39, 0.29) is 0 Å². The van der Waals surface area contributed by atoms with E-state index in [4.69, 9.17) is 5.73 Å². The molecule has 1 aromatic rings. The average molecular weight is 206 g/mol.